The summed E-state index contributed by atoms with van der Waals surface area (Å²) < 4.78 is 0. The van der Waals surface area contributed by atoms with Crippen LogP contribution in [-0.4, -0.2) is 14.1 Å². The maximum Gasteiger partial charge on any atom is 0.0412 e. The second-order valence-electron chi connectivity index (χ2n) is 3.95. The number of halogens is 1. The van der Waals surface area contributed by atoms with Crippen LogP contribution in [0.5, 0.6) is 0 Å². The van der Waals surface area contributed by atoms with Gasteiger partial charge in [0.15, 0.2) is 0 Å². The lowest BCUT2D eigenvalue weighted by molar-refractivity contribution is 1.13. The fourth-order valence-corrected chi connectivity index (χ4v) is 1.81. The Hall–Kier alpha value is -1.47. The van der Waals surface area contributed by atoms with Crippen molar-refractivity contribution in [1.29, 1.82) is 0 Å². The van der Waals surface area contributed by atoms with E-state index >= 15 is 0 Å². The first-order chi connectivity index (χ1) is 7.66. The molecule has 2 rings (SSSR count). The highest BCUT2D eigenvalue weighted by Crippen LogP contribution is 2.24. The van der Waals surface area contributed by atoms with Gasteiger partial charge in [-0.15, -0.1) is 0 Å². The van der Waals surface area contributed by atoms with E-state index in [1.54, 1.807) is 0 Å². The quantitative estimate of drug-likeness (QED) is 0.753. The molecule has 0 heterocycles. The Morgan fingerprint density at radius 3 is 2.12 bits per heavy atom. The molecule has 0 saturated carbocycles. The predicted molar refractivity (Wildman–Crippen MR) is 71.2 cm³/mol. The summed E-state index contributed by atoms with van der Waals surface area (Å²) in [5.74, 6) is 0. The van der Waals surface area contributed by atoms with Gasteiger partial charge in [0.25, 0.3) is 0 Å². The topological polar surface area (TPSA) is 3.24 Å². The van der Waals surface area contributed by atoms with Crippen molar-refractivity contribution < 1.29 is 0 Å². The fourth-order valence-electron chi connectivity index (χ4n) is 1.62. The lowest BCUT2D eigenvalue weighted by atomic mass is 10.1. The molecule has 0 unspecified atom stereocenters. The van der Waals surface area contributed by atoms with Gasteiger partial charge in [-0.25, -0.2) is 0 Å². The summed E-state index contributed by atoms with van der Waals surface area (Å²) in [6.07, 6.45) is 0. The molecule has 0 bridgehead atoms. The van der Waals surface area contributed by atoms with Gasteiger partial charge in [-0.3, -0.25) is 0 Å². The zero-order valence-electron chi connectivity index (χ0n) is 9.44. The molecule has 0 aromatic heterocycles. The van der Waals surface area contributed by atoms with E-state index in [1.807, 2.05) is 32.3 Å². The minimum atomic E-state index is 0.772. The molecule has 0 amide bonds. The lowest BCUT2D eigenvalue weighted by Gasteiger charge is -2.12. The Morgan fingerprint density at radius 2 is 1.56 bits per heavy atom. The lowest BCUT2D eigenvalue weighted by Crippen LogP contribution is -2.07. The molecule has 82 valence electrons. The van der Waals surface area contributed by atoms with E-state index in [0.29, 0.717) is 0 Å². The Balaban J connectivity index is 2.35. The van der Waals surface area contributed by atoms with Crippen LogP contribution in [0.3, 0.4) is 0 Å². The zero-order valence-corrected chi connectivity index (χ0v) is 10.2. The summed E-state index contributed by atoms with van der Waals surface area (Å²) in [7, 11) is 4.07. The maximum atomic E-state index is 5.97. The van der Waals surface area contributed by atoms with Gasteiger partial charge in [0.05, 0.1) is 0 Å². The summed E-state index contributed by atoms with van der Waals surface area (Å²) in [4.78, 5) is 2.09. The second kappa shape index (κ2) is 4.58. The second-order valence-corrected chi connectivity index (χ2v) is 4.39. The van der Waals surface area contributed by atoms with Gasteiger partial charge in [-0.1, -0.05) is 35.9 Å². The van der Waals surface area contributed by atoms with Crippen molar-refractivity contribution in [3.63, 3.8) is 0 Å². The molecule has 0 radical (unpaired) electrons. The van der Waals surface area contributed by atoms with E-state index in [0.717, 1.165) is 10.6 Å². The number of nitrogens with zero attached hydrogens (tertiary/aromatic N) is 1. The average Bonchev–Trinajstić information content (AvgIpc) is 2.29. The first kappa shape index (κ1) is 11.0. The standard InChI is InChI=1S/C14H14ClN/c1-16(2)14-8-6-11(7-9-14)12-4-3-5-13(15)10-12/h3-10H,1-2H3. The Morgan fingerprint density at radius 1 is 0.875 bits per heavy atom. The normalized spacial score (nSPS) is 10.2. The predicted octanol–water partition coefficient (Wildman–Crippen LogP) is 4.07. The monoisotopic (exact) mass is 231 g/mol. The van der Waals surface area contributed by atoms with Crippen molar-refractivity contribution >= 4 is 17.3 Å². The highest BCUT2D eigenvalue weighted by atomic mass is 35.5. The van der Waals surface area contributed by atoms with Gasteiger partial charge in [-0.05, 0) is 35.4 Å². The third kappa shape index (κ3) is 2.37. The van der Waals surface area contributed by atoms with Gasteiger partial charge < -0.3 is 4.90 Å². The summed E-state index contributed by atoms with van der Waals surface area (Å²) >= 11 is 5.97. The van der Waals surface area contributed by atoms with Gasteiger partial charge >= 0.3 is 0 Å². The molecule has 16 heavy (non-hydrogen) atoms. The van der Waals surface area contributed by atoms with Crippen LogP contribution in [0.2, 0.25) is 5.02 Å². The fraction of sp³-hybridized carbons (Fsp3) is 0.143. The molecular weight excluding hydrogens is 218 g/mol. The average molecular weight is 232 g/mol. The van der Waals surface area contributed by atoms with Crippen LogP contribution in [0.1, 0.15) is 0 Å². The van der Waals surface area contributed by atoms with Crippen LogP contribution in [0.15, 0.2) is 48.5 Å². The summed E-state index contributed by atoms with van der Waals surface area (Å²) in [6.45, 7) is 0. The van der Waals surface area contributed by atoms with E-state index in [1.165, 1.54) is 11.3 Å². The number of anilines is 1. The summed E-state index contributed by atoms with van der Waals surface area (Å²) in [5.41, 5.74) is 3.54. The Kier molecular flexibility index (Phi) is 3.16. The van der Waals surface area contributed by atoms with Crippen molar-refractivity contribution in [2.75, 3.05) is 19.0 Å². The molecule has 0 aliphatic rings. The molecular formula is C14H14ClN. The first-order valence-corrected chi connectivity index (χ1v) is 5.58. The third-order valence-corrected chi connectivity index (χ3v) is 2.78. The molecule has 0 fully saturated rings. The SMILES string of the molecule is CN(C)c1ccc(-c2cccc(Cl)c2)cc1. The molecule has 0 saturated heterocycles. The Labute approximate surface area is 101 Å². The number of hydrogen-bond donors (Lipinski definition) is 0. The zero-order chi connectivity index (χ0) is 11.5. The molecule has 0 N–H and O–H groups in total. The minimum absolute atomic E-state index is 0.772. The highest BCUT2D eigenvalue weighted by Gasteiger charge is 1.99. The largest absolute Gasteiger partial charge is 0.378 e. The number of rotatable bonds is 2. The number of benzene rings is 2. The van der Waals surface area contributed by atoms with Crippen molar-refractivity contribution in [3.05, 3.63) is 53.6 Å². The van der Waals surface area contributed by atoms with Crippen molar-refractivity contribution in [3.8, 4) is 11.1 Å². The Bertz CT molecular complexity index is 474. The van der Waals surface area contributed by atoms with Crippen LogP contribution in [0.25, 0.3) is 11.1 Å². The third-order valence-electron chi connectivity index (χ3n) is 2.54. The van der Waals surface area contributed by atoms with Gasteiger partial charge in [0.1, 0.15) is 0 Å². The molecule has 2 heteroatoms. The molecule has 0 aliphatic carbocycles. The highest BCUT2D eigenvalue weighted by molar-refractivity contribution is 6.30. The molecule has 0 atom stereocenters. The first-order valence-electron chi connectivity index (χ1n) is 5.20. The van der Waals surface area contributed by atoms with Crippen LogP contribution < -0.4 is 4.90 Å². The van der Waals surface area contributed by atoms with Gasteiger partial charge in [0, 0.05) is 24.8 Å². The maximum absolute atomic E-state index is 5.97. The van der Waals surface area contributed by atoms with Crippen LogP contribution in [-0.2, 0) is 0 Å². The van der Waals surface area contributed by atoms with Crippen LogP contribution in [0, 0.1) is 0 Å². The summed E-state index contributed by atoms with van der Waals surface area (Å²) in [5, 5.41) is 0.772. The van der Waals surface area contributed by atoms with Gasteiger partial charge in [0.2, 0.25) is 0 Å². The van der Waals surface area contributed by atoms with E-state index < -0.39 is 0 Å². The smallest absolute Gasteiger partial charge is 0.0412 e. The van der Waals surface area contributed by atoms with E-state index in [-0.39, 0.29) is 0 Å². The van der Waals surface area contributed by atoms with E-state index in [9.17, 15) is 0 Å². The molecule has 0 spiro atoms. The minimum Gasteiger partial charge on any atom is -0.378 e. The molecule has 2 aromatic carbocycles. The van der Waals surface area contributed by atoms with Crippen LogP contribution >= 0.6 is 11.6 Å². The van der Waals surface area contributed by atoms with Gasteiger partial charge in [-0.2, -0.15) is 0 Å². The molecule has 2 aromatic rings. The van der Waals surface area contributed by atoms with Crippen molar-refractivity contribution in [1.82, 2.24) is 0 Å². The molecule has 1 nitrogen and oxygen atoms in total. The van der Waals surface area contributed by atoms with Crippen LogP contribution in [0.4, 0.5) is 5.69 Å². The number of hydrogen-bond acceptors (Lipinski definition) is 1. The van der Waals surface area contributed by atoms with E-state index in [2.05, 4.69) is 35.2 Å². The van der Waals surface area contributed by atoms with Crippen molar-refractivity contribution in [2.45, 2.75) is 0 Å². The van der Waals surface area contributed by atoms with Crippen molar-refractivity contribution in [2.24, 2.45) is 0 Å². The van der Waals surface area contributed by atoms with E-state index in [4.69, 9.17) is 11.6 Å². The summed E-state index contributed by atoms with van der Waals surface area (Å²) in [6, 6.07) is 16.3. The molecule has 0 aliphatic heterocycles.